The number of nitrogens with one attached hydrogen (secondary N) is 1. The highest BCUT2D eigenvalue weighted by Gasteiger charge is 2.24. The molecule has 0 fully saturated rings. The third-order valence-electron chi connectivity index (χ3n) is 4.71. The van der Waals surface area contributed by atoms with Crippen LogP contribution in [-0.2, 0) is 22.5 Å². The van der Waals surface area contributed by atoms with Gasteiger partial charge in [-0.25, -0.2) is 9.78 Å². The average molecular weight is 408 g/mol. The maximum absolute atomic E-state index is 12.7. The van der Waals surface area contributed by atoms with Crippen LogP contribution in [0.15, 0.2) is 29.1 Å². The Morgan fingerprint density at radius 2 is 2.24 bits per heavy atom. The van der Waals surface area contributed by atoms with Crippen LogP contribution >= 0.6 is 11.3 Å². The third kappa shape index (κ3) is 3.50. The van der Waals surface area contributed by atoms with Gasteiger partial charge in [0.15, 0.2) is 6.61 Å². The number of amides is 1. The molecule has 3 aromatic rings. The topological polar surface area (TPSA) is 114 Å². The van der Waals surface area contributed by atoms with Gasteiger partial charge in [0.25, 0.3) is 11.5 Å². The van der Waals surface area contributed by atoms with Crippen molar-refractivity contribution < 1.29 is 14.3 Å². The summed E-state index contributed by atoms with van der Waals surface area (Å²) < 4.78 is 6.78. The van der Waals surface area contributed by atoms with Crippen LogP contribution in [-0.4, -0.2) is 28.0 Å². The zero-order chi connectivity index (χ0) is 20.5. The summed E-state index contributed by atoms with van der Waals surface area (Å²) in [5.41, 5.74) is 1.24. The molecule has 0 spiro atoms. The van der Waals surface area contributed by atoms with E-state index in [0.29, 0.717) is 33.6 Å². The van der Waals surface area contributed by atoms with E-state index >= 15 is 0 Å². The second kappa shape index (κ2) is 7.48. The van der Waals surface area contributed by atoms with Crippen LogP contribution in [0.1, 0.15) is 33.0 Å². The standard InChI is InChI=1S/C20H16N4O4S/c1-11-16-18(23-14-6-3-7-24(14)19(16)26)29-17(11)20(27)28-10-15(25)22-13-5-2-4-12(8-13)9-21/h2,4-5,8H,3,6-7,10H2,1H3,(H,22,25). The molecule has 29 heavy (non-hydrogen) atoms. The summed E-state index contributed by atoms with van der Waals surface area (Å²) >= 11 is 1.11. The van der Waals surface area contributed by atoms with Crippen molar-refractivity contribution in [2.45, 2.75) is 26.3 Å². The van der Waals surface area contributed by atoms with E-state index in [1.54, 1.807) is 29.7 Å². The maximum Gasteiger partial charge on any atom is 0.349 e. The minimum atomic E-state index is -0.670. The van der Waals surface area contributed by atoms with Gasteiger partial charge in [-0.15, -0.1) is 11.3 Å². The summed E-state index contributed by atoms with van der Waals surface area (Å²) in [7, 11) is 0. The van der Waals surface area contributed by atoms with Gasteiger partial charge in [-0.1, -0.05) is 6.07 Å². The second-order valence-electron chi connectivity index (χ2n) is 6.64. The average Bonchev–Trinajstić information content (AvgIpc) is 3.31. The number of carbonyl (C=O) groups excluding carboxylic acids is 2. The number of esters is 1. The Kier molecular flexibility index (Phi) is 4.86. The lowest BCUT2D eigenvalue weighted by atomic mass is 10.2. The molecule has 1 aliphatic heterocycles. The first-order chi connectivity index (χ1) is 14.0. The van der Waals surface area contributed by atoms with Gasteiger partial charge in [0, 0.05) is 18.7 Å². The fourth-order valence-electron chi connectivity index (χ4n) is 3.33. The predicted octanol–water partition coefficient (Wildman–Crippen LogP) is 2.38. The first kappa shape index (κ1) is 18.8. The first-order valence-corrected chi connectivity index (χ1v) is 9.79. The summed E-state index contributed by atoms with van der Waals surface area (Å²) in [5, 5.41) is 11.9. The number of aromatic nitrogens is 2. The van der Waals surface area contributed by atoms with Gasteiger partial charge >= 0.3 is 5.97 Å². The maximum atomic E-state index is 12.7. The molecule has 146 valence electrons. The number of fused-ring (bicyclic) bond motifs is 2. The molecule has 0 radical (unpaired) electrons. The molecule has 2 aromatic heterocycles. The molecule has 0 saturated heterocycles. The predicted molar refractivity (Wildman–Crippen MR) is 107 cm³/mol. The van der Waals surface area contributed by atoms with Crippen LogP contribution in [0.2, 0.25) is 0 Å². The van der Waals surface area contributed by atoms with Gasteiger partial charge < -0.3 is 10.1 Å². The highest BCUT2D eigenvalue weighted by molar-refractivity contribution is 7.20. The van der Waals surface area contributed by atoms with E-state index < -0.39 is 18.5 Å². The van der Waals surface area contributed by atoms with E-state index in [1.165, 1.54) is 6.07 Å². The number of anilines is 1. The quantitative estimate of drug-likeness (QED) is 0.663. The van der Waals surface area contributed by atoms with Crippen LogP contribution in [0.4, 0.5) is 5.69 Å². The highest BCUT2D eigenvalue weighted by Crippen LogP contribution is 2.29. The van der Waals surface area contributed by atoms with Crippen molar-refractivity contribution in [3.05, 3.63) is 56.4 Å². The Morgan fingerprint density at radius 1 is 1.41 bits per heavy atom. The van der Waals surface area contributed by atoms with Gasteiger partial charge in [0.2, 0.25) is 0 Å². The second-order valence-corrected chi connectivity index (χ2v) is 7.64. The lowest BCUT2D eigenvalue weighted by molar-refractivity contribution is -0.119. The minimum Gasteiger partial charge on any atom is -0.451 e. The zero-order valence-corrected chi connectivity index (χ0v) is 16.3. The molecule has 1 N–H and O–H groups in total. The van der Waals surface area contributed by atoms with Crippen molar-refractivity contribution in [2.24, 2.45) is 0 Å². The Bertz CT molecular complexity index is 1250. The van der Waals surface area contributed by atoms with Crippen LogP contribution in [0.3, 0.4) is 0 Å². The molecule has 1 amide bonds. The summed E-state index contributed by atoms with van der Waals surface area (Å²) in [6.07, 6.45) is 1.63. The van der Waals surface area contributed by atoms with Crippen LogP contribution in [0, 0.1) is 18.3 Å². The van der Waals surface area contributed by atoms with Crippen molar-refractivity contribution in [2.75, 3.05) is 11.9 Å². The Morgan fingerprint density at radius 3 is 3.03 bits per heavy atom. The van der Waals surface area contributed by atoms with Crippen molar-refractivity contribution in [1.29, 1.82) is 5.26 Å². The summed E-state index contributed by atoms with van der Waals surface area (Å²) in [6.45, 7) is 1.85. The molecular weight excluding hydrogens is 392 g/mol. The highest BCUT2D eigenvalue weighted by atomic mass is 32.1. The third-order valence-corrected chi connectivity index (χ3v) is 5.87. The molecule has 8 nitrogen and oxygen atoms in total. The van der Waals surface area contributed by atoms with Crippen LogP contribution in [0.5, 0.6) is 0 Å². The number of hydrogen-bond donors (Lipinski definition) is 1. The number of benzene rings is 1. The number of nitriles is 1. The molecule has 0 bridgehead atoms. The summed E-state index contributed by atoms with van der Waals surface area (Å²) in [5.74, 6) is -0.456. The zero-order valence-electron chi connectivity index (χ0n) is 15.5. The molecule has 4 rings (SSSR count). The van der Waals surface area contributed by atoms with E-state index in [-0.39, 0.29) is 10.4 Å². The Balaban J connectivity index is 1.49. The largest absolute Gasteiger partial charge is 0.451 e. The molecule has 3 heterocycles. The Hall–Kier alpha value is -3.51. The van der Waals surface area contributed by atoms with Gasteiger partial charge in [0.1, 0.15) is 15.5 Å². The molecule has 9 heteroatoms. The lowest BCUT2D eigenvalue weighted by Gasteiger charge is -2.06. The molecular formula is C20H16N4O4S. The number of nitrogens with zero attached hydrogens (tertiary/aromatic N) is 3. The van der Waals surface area contributed by atoms with Gasteiger partial charge in [0.05, 0.1) is 17.0 Å². The molecule has 0 unspecified atom stereocenters. The van der Waals surface area contributed by atoms with E-state index in [0.717, 1.165) is 30.0 Å². The Labute approximate surface area is 169 Å². The molecule has 0 aliphatic carbocycles. The molecule has 0 atom stereocenters. The van der Waals surface area contributed by atoms with Crippen molar-refractivity contribution >= 4 is 39.1 Å². The van der Waals surface area contributed by atoms with Crippen molar-refractivity contribution in [1.82, 2.24) is 9.55 Å². The number of aryl methyl sites for hydroxylation is 2. The minimum absolute atomic E-state index is 0.134. The van der Waals surface area contributed by atoms with Crippen molar-refractivity contribution in [3.8, 4) is 6.07 Å². The summed E-state index contributed by atoms with van der Waals surface area (Å²) in [6, 6.07) is 8.40. The normalized spacial score (nSPS) is 12.4. The number of carbonyl (C=O) groups is 2. The molecule has 1 aliphatic rings. The van der Waals surface area contributed by atoms with Gasteiger partial charge in [-0.05, 0) is 37.1 Å². The van der Waals surface area contributed by atoms with Crippen LogP contribution < -0.4 is 10.9 Å². The molecule has 1 aromatic carbocycles. The fraction of sp³-hybridized carbons (Fsp3) is 0.250. The number of ether oxygens (including phenoxy) is 1. The van der Waals surface area contributed by atoms with Gasteiger partial charge in [-0.3, -0.25) is 14.2 Å². The smallest absolute Gasteiger partial charge is 0.349 e. The van der Waals surface area contributed by atoms with E-state index in [9.17, 15) is 14.4 Å². The lowest BCUT2D eigenvalue weighted by Crippen LogP contribution is -2.21. The van der Waals surface area contributed by atoms with Gasteiger partial charge in [-0.2, -0.15) is 5.26 Å². The summed E-state index contributed by atoms with van der Waals surface area (Å²) in [4.78, 5) is 42.5. The number of rotatable bonds is 4. The number of hydrogen-bond acceptors (Lipinski definition) is 7. The van der Waals surface area contributed by atoms with E-state index in [2.05, 4.69) is 10.3 Å². The SMILES string of the molecule is Cc1c(C(=O)OCC(=O)Nc2cccc(C#N)c2)sc2nc3n(c(=O)c12)CCC3. The monoisotopic (exact) mass is 408 g/mol. The van der Waals surface area contributed by atoms with E-state index in [4.69, 9.17) is 10.00 Å². The first-order valence-electron chi connectivity index (χ1n) is 8.98. The number of thiophene rings is 1. The van der Waals surface area contributed by atoms with E-state index in [1.807, 2.05) is 6.07 Å². The van der Waals surface area contributed by atoms with Crippen LogP contribution in [0.25, 0.3) is 10.2 Å². The fourth-order valence-corrected chi connectivity index (χ4v) is 4.41. The molecule has 0 saturated carbocycles. The van der Waals surface area contributed by atoms with Crippen molar-refractivity contribution in [3.63, 3.8) is 0 Å².